The maximum absolute atomic E-state index is 10.3. The Bertz CT molecular complexity index is 1340. The van der Waals surface area contributed by atoms with Gasteiger partial charge in [0.05, 0.1) is 0 Å². The zero-order chi connectivity index (χ0) is 26.2. The van der Waals surface area contributed by atoms with Gasteiger partial charge < -0.3 is 15.2 Å². The van der Waals surface area contributed by atoms with Crippen LogP contribution in [0.2, 0.25) is 0 Å². The van der Waals surface area contributed by atoms with Crippen molar-refractivity contribution in [3.63, 3.8) is 0 Å². The second kappa shape index (κ2) is 12.6. The van der Waals surface area contributed by atoms with E-state index in [-0.39, 0.29) is 0 Å². The predicted octanol–water partition coefficient (Wildman–Crippen LogP) is 6.71. The number of hydrogen-bond donors (Lipinski definition) is 2. The van der Waals surface area contributed by atoms with Crippen LogP contribution in [0, 0.1) is 0 Å². The second-order valence-corrected chi connectivity index (χ2v) is 9.63. The molecule has 0 unspecified atom stereocenters. The Morgan fingerprint density at radius 3 is 2.05 bits per heavy atom. The molecule has 0 radical (unpaired) electrons. The number of allylic oxidation sites excluding steroid dienone is 1. The number of rotatable bonds is 9. The van der Waals surface area contributed by atoms with Crippen LogP contribution in [-0.2, 0) is 0 Å². The smallest absolute Gasteiger partial charge is 0.123 e. The minimum absolute atomic E-state index is 0.294. The van der Waals surface area contributed by atoms with Crippen LogP contribution in [0.15, 0.2) is 103 Å². The Labute approximate surface area is 226 Å². The molecular weight excluding hydrogens is 468 g/mol. The monoisotopic (exact) mass is 504 g/mol. The van der Waals surface area contributed by atoms with Gasteiger partial charge in [0.1, 0.15) is 18.1 Å². The number of aromatic hydroxyl groups is 1. The number of piperazine rings is 1. The number of phenolic OH excluding ortho intramolecular Hbond substituents is 1. The quantitative estimate of drug-likeness (QED) is 0.249. The molecule has 0 spiro atoms. The van der Waals surface area contributed by atoms with E-state index in [4.69, 9.17) is 4.74 Å². The first kappa shape index (κ1) is 25.8. The molecular formula is C34H36N2O2. The molecule has 4 heteroatoms. The minimum Gasteiger partial charge on any atom is -0.507 e. The summed E-state index contributed by atoms with van der Waals surface area (Å²) in [4.78, 5) is 2.44. The topological polar surface area (TPSA) is 44.7 Å². The van der Waals surface area contributed by atoms with Gasteiger partial charge in [0.15, 0.2) is 0 Å². The highest BCUT2D eigenvalue weighted by Crippen LogP contribution is 2.36. The summed E-state index contributed by atoms with van der Waals surface area (Å²) >= 11 is 0. The van der Waals surface area contributed by atoms with Gasteiger partial charge in [-0.25, -0.2) is 0 Å². The third kappa shape index (κ3) is 6.16. The number of para-hydroxylation sites is 1. The van der Waals surface area contributed by atoms with Crippen molar-refractivity contribution in [3.05, 3.63) is 120 Å². The van der Waals surface area contributed by atoms with Gasteiger partial charge in [0, 0.05) is 38.3 Å². The van der Waals surface area contributed by atoms with E-state index < -0.39 is 0 Å². The van der Waals surface area contributed by atoms with Crippen LogP contribution >= 0.6 is 0 Å². The third-order valence-electron chi connectivity index (χ3n) is 7.20. The van der Waals surface area contributed by atoms with E-state index in [1.807, 2.05) is 18.2 Å². The maximum atomic E-state index is 10.3. The minimum atomic E-state index is 0.294. The van der Waals surface area contributed by atoms with Crippen molar-refractivity contribution in [2.75, 3.05) is 39.3 Å². The summed E-state index contributed by atoms with van der Waals surface area (Å²) in [6.07, 6.45) is 0.906. The van der Waals surface area contributed by atoms with E-state index in [1.165, 1.54) is 16.7 Å². The number of nitrogens with zero attached hydrogens (tertiary/aromatic N) is 1. The van der Waals surface area contributed by atoms with E-state index in [0.717, 1.165) is 67.1 Å². The van der Waals surface area contributed by atoms with Crippen molar-refractivity contribution in [1.82, 2.24) is 10.2 Å². The zero-order valence-electron chi connectivity index (χ0n) is 22.1. The third-order valence-corrected chi connectivity index (χ3v) is 7.20. The first-order valence-corrected chi connectivity index (χ1v) is 13.6. The molecule has 4 aromatic carbocycles. The molecule has 38 heavy (non-hydrogen) atoms. The Kier molecular flexibility index (Phi) is 8.54. The number of benzene rings is 4. The molecule has 1 aliphatic rings. The van der Waals surface area contributed by atoms with Crippen molar-refractivity contribution < 1.29 is 9.84 Å². The van der Waals surface area contributed by atoms with Gasteiger partial charge in [-0.3, -0.25) is 4.90 Å². The van der Waals surface area contributed by atoms with Crippen molar-refractivity contribution in [2.45, 2.75) is 13.3 Å². The fourth-order valence-electron chi connectivity index (χ4n) is 5.16. The lowest BCUT2D eigenvalue weighted by Gasteiger charge is -2.26. The van der Waals surface area contributed by atoms with Crippen LogP contribution in [0.3, 0.4) is 0 Å². The van der Waals surface area contributed by atoms with Crippen LogP contribution in [0.1, 0.15) is 30.0 Å². The summed E-state index contributed by atoms with van der Waals surface area (Å²) < 4.78 is 6.09. The molecule has 194 valence electrons. The molecule has 0 atom stereocenters. The molecule has 2 N–H and O–H groups in total. The average molecular weight is 505 g/mol. The molecule has 1 fully saturated rings. The molecule has 0 bridgehead atoms. The number of phenols is 1. The van der Waals surface area contributed by atoms with E-state index in [2.05, 4.69) is 96.0 Å². The molecule has 5 rings (SSSR count). The molecule has 0 saturated carbocycles. The van der Waals surface area contributed by atoms with Gasteiger partial charge in [-0.2, -0.15) is 0 Å². The molecule has 4 nitrogen and oxygen atoms in total. The van der Waals surface area contributed by atoms with Crippen molar-refractivity contribution >= 4 is 11.1 Å². The van der Waals surface area contributed by atoms with Crippen LogP contribution in [0.4, 0.5) is 0 Å². The van der Waals surface area contributed by atoms with E-state index in [1.54, 1.807) is 6.07 Å². The van der Waals surface area contributed by atoms with Gasteiger partial charge in [0.25, 0.3) is 0 Å². The maximum Gasteiger partial charge on any atom is 0.123 e. The van der Waals surface area contributed by atoms with Crippen molar-refractivity contribution in [3.8, 4) is 22.6 Å². The second-order valence-electron chi connectivity index (χ2n) is 9.63. The van der Waals surface area contributed by atoms with Crippen LogP contribution in [0.25, 0.3) is 22.3 Å². The first-order valence-electron chi connectivity index (χ1n) is 13.6. The lowest BCUT2D eigenvalue weighted by atomic mass is 9.87. The molecule has 1 aliphatic heterocycles. The Morgan fingerprint density at radius 1 is 0.763 bits per heavy atom. The number of ether oxygens (including phenoxy) is 1. The van der Waals surface area contributed by atoms with Crippen LogP contribution < -0.4 is 10.1 Å². The van der Waals surface area contributed by atoms with Gasteiger partial charge >= 0.3 is 0 Å². The van der Waals surface area contributed by atoms with E-state index in [0.29, 0.717) is 12.4 Å². The number of hydrogen-bond acceptors (Lipinski definition) is 4. The van der Waals surface area contributed by atoms with Crippen LogP contribution in [0.5, 0.6) is 11.5 Å². The summed E-state index contributed by atoms with van der Waals surface area (Å²) in [5.74, 6) is 1.19. The SMILES string of the molecule is CCC(=C(c1ccc(OCCN2CCNCC2)cc1)c1ccc(-c2ccccc2O)cc1)c1ccccc1. The standard InChI is InChI=1S/C34H36N2O2/c1-2-31(26-8-4-3-5-9-26)34(28-14-12-27(13-15-28)32-10-6-7-11-33(32)37)29-16-18-30(19-17-29)38-25-24-36-22-20-35-21-23-36/h3-19,35,37H,2,20-25H2,1H3. The highest BCUT2D eigenvalue weighted by molar-refractivity contribution is 5.98. The summed E-state index contributed by atoms with van der Waals surface area (Å²) in [5, 5.41) is 13.7. The average Bonchev–Trinajstić information content (AvgIpc) is 2.98. The Balaban J connectivity index is 1.44. The zero-order valence-corrected chi connectivity index (χ0v) is 22.1. The lowest BCUT2D eigenvalue weighted by molar-refractivity contribution is 0.191. The summed E-state index contributed by atoms with van der Waals surface area (Å²) in [5.41, 5.74) is 7.89. The normalized spacial score (nSPS) is 14.7. The number of nitrogens with one attached hydrogen (secondary N) is 1. The fraction of sp³-hybridized carbons (Fsp3) is 0.235. The summed E-state index contributed by atoms with van der Waals surface area (Å²) in [6.45, 7) is 8.13. The van der Waals surface area contributed by atoms with E-state index >= 15 is 0 Å². The van der Waals surface area contributed by atoms with Gasteiger partial charge in [-0.1, -0.05) is 91.9 Å². The fourth-order valence-corrected chi connectivity index (χ4v) is 5.16. The van der Waals surface area contributed by atoms with Gasteiger partial charge in [-0.15, -0.1) is 0 Å². The van der Waals surface area contributed by atoms with Gasteiger partial charge in [0.2, 0.25) is 0 Å². The molecule has 0 amide bonds. The molecule has 1 saturated heterocycles. The van der Waals surface area contributed by atoms with Crippen molar-refractivity contribution in [2.24, 2.45) is 0 Å². The van der Waals surface area contributed by atoms with Crippen molar-refractivity contribution in [1.29, 1.82) is 0 Å². The van der Waals surface area contributed by atoms with E-state index in [9.17, 15) is 5.11 Å². The summed E-state index contributed by atoms with van der Waals surface area (Å²) in [7, 11) is 0. The highest BCUT2D eigenvalue weighted by Gasteiger charge is 2.14. The van der Waals surface area contributed by atoms with Crippen LogP contribution in [-0.4, -0.2) is 49.3 Å². The lowest BCUT2D eigenvalue weighted by Crippen LogP contribution is -2.44. The highest BCUT2D eigenvalue weighted by atomic mass is 16.5. The predicted molar refractivity (Wildman–Crippen MR) is 157 cm³/mol. The Hall–Kier alpha value is -3.86. The molecule has 4 aromatic rings. The largest absolute Gasteiger partial charge is 0.507 e. The first-order chi connectivity index (χ1) is 18.7. The molecule has 0 aliphatic carbocycles. The van der Waals surface area contributed by atoms with Gasteiger partial charge in [-0.05, 0) is 58.0 Å². The molecule has 1 heterocycles. The summed E-state index contributed by atoms with van der Waals surface area (Å²) in [6, 6.07) is 35.1. The molecule has 0 aromatic heterocycles. The Morgan fingerprint density at radius 2 is 1.39 bits per heavy atom.